The number of carboxylic acid groups (broad SMARTS) is 1. The fraction of sp³-hybridized carbons (Fsp3) is 0.455. The molecule has 0 aromatic carbocycles. The SMILES string of the molecule is CC1C=CC=C(CCCC(=O)O)C1=O. The maximum absolute atomic E-state index is 11.5. The number of hydrogen-bond acceptors (Lipinski definition) is 2. The summed E-state index contributed by atoms with van der Waals surface area (Å²) in [7, 11) is 0. The largest absolute Gasteiger partial charge is 0.481 e. The van der Waals surface area contributed by atoms with Crippen LogP contribution < -0.4 is 0 Å². The topological polar surface area (TPSA) is 54.4 Å². The van der Waals surface area contributed by atoms with Crippen molar-refractivity contribution in [3.05, 3.63) is 23.8 Å². The Bertz CT molecular complexity index is 300. The van der Waals surface area contributed by atoms with Crippen LogP contribution in [0.1, 0.15) is 26.2 Å². The smallest absolute Gasteiger partial charge is 0.303 e. The van der Waals surface area contributed by atoms with Gasteiger partial charge in [-0.15, -0.1) is 0 Å². The third-order valence-corrected chi connectivity index (χ3v) is 2.26. The molecule has 0 heterocycles. The highest BCUT2D eigenvalue weighted by Crippen LogP contribution is 2.18. The maximum Gasteiger partial charge on any atom is 0.303 e. The zero-order valence-corrected chi connectivity index (χ0v) is 8.19. The van der Waals surface area contributed by atoms with Crippen molar-refractivity contribution in [3.8, 4) is 0 Å². The second-order valence-corrected chi connectivity index (χ2v) is 3.48. The van der Waals surface area contributed by atoms with Gasteiger partial charge in [-0.1, -0.05) is 25.2 Å². The minimum atomic E-state index is -0.808. The van der Waals surface area contributed by atoms with Crippen molar-refractivity contribution in [2.75, 3.05) is 0 Å². The lowest BCUT2D eigenvalue weighted by Gasteiger charge is -2.12. The number of allylic oxidation sites excluding steroid dienone is 4. The van der Waals surface area contributed by atoms with E-state index < -0.39 is 5.97 Å². The van der Waals surface area contributed by atoms with Gasteiger partial charge in [0.1, 0.15) is 0 Å². The van der Waals surface area contributed by atoms with Crippen molar-refractivity contribution < 1.29 is 14.7 Å². The summed E-state index contributed by atoms with van der Waals surface area (Å²) in [4.78, 5) is 21.8. The van der Waals surface area contributed by atoms with Crippen molar-refractivity contribution >= 4 is 11.8 Å². The first-order chi connectivity index (χ1) is 6.61. The molecule has 0 fully saturated rings. The first-order valence-electron chi connectivity index (χ1n) is 4.74. The number of carbonyl (C=O) groups excluding carboxylic acids is 1. The van der Waals surface area contributed by atoms with Crippen molar-refractivity contribution in [2.24, 2.45) is 5.92 Å². The lowest BCUT2D eigenvalue weighted by Crippen LogP contribution is -2.14. The summed E-state index contributed by atoms with van der Waals surface area (Å²) in [6, 6.07) is 0. The van der Waals surface area contributed by atoms with Crippen LogP contribution in [0.3, 0.4) is 0 Å². The molecule has 1 aliphatic rings. The minimum absolute atomic E-state index is 0.0557. The third-order valence-electron chi connectivity index (χ3n) is 2.26. The summed E-state index contributed by atoms with van der Waals surface area (Å²) in [6.07, 6.45) is 6.73. The Morgan fingerprint density at radius 3 is 2.93 bits per heavy atom. The van der Waals surface area contributed by atoms with E-state index in [-0.39, 0.29) is 18.1 Å². The second kappa shape index (κ2) is 4.74. The maximum atomic E-state index is 11.5. The van der Waals surface area contributed by atoms with Gasteiger partial charge in [0.25, 0.3) is 0 Å². The molecule has 14 heavy (non-hydrogen) atoms. The van der Waals surface area contributed by atoms with Crippen LogP contribution in [0.2, 0.25) is 0 Å². The molecular weight excluding hydrogens is 180 g/mol. The van der Waals surface area contributed by atoms with Crippen molar-refractivity contribution in [1.29, 1.82) is 0 Å². The standard InChI is InChI=1S/C11H14O3/c1-8-4-2-5-9(11(8)14)6-3-7-10(12)13/h2,4-5,8H,3,6-7H2,1H3,(H,12,13). The number of rotatable bonds is 4. The van der Waals surface area contributed by atoms with Gasteiger partial charge in [0.15, 0.2) is 5.78 Å². The summed E-state index contributed by atoms with van der Waals surface area (Å²) >= 11 is 0. The number of ketones is 1. The van der Waals surface area contributed by atoms with Gasteiger partial charge in [0.2, 0.25) is 0 Å². The van der Waals surface area contributed by atoms with E-state index in [1.54, 1.807) is 6.08 Å². The molecule has 1 N–H and O–H groups in total. The lowest BCUT2D eigenvalue weighted by molar-refractivity contribution is -0.137. The molecule has 3 heteroatoms. The van der Waals surface area contributed by atoms with Crippen LogP contribution in [0.25, 0.3) is 0 Å². The van der Waals surface area contributed by atoms with Gasteiger partial charge in [0, 0.05) is 12.3 Å². The molecule has 0 spiro atoms. The molecule has 0 aliphatic heterocycles. The third kappa shape index (κ3) is 2.83. The molecular formula is C11H14O3. The van der Waals surface area contributed by atoms with Crippen LogP contribution in [0, 0.1) is 5.92 Å². The Labute approximate surface area is 83.1 Å². The average molecular weight is 194 g/mol. The molecule has 1 rings (SSSR count). The molecule has 3 nitrogen and oxygen atoms in total. The van der Waals surface area contributed by atoms with E-state index in [0.29, 0.717) is 12.8 Å². The average Bonchev–Trinajstić information content (AvgIpc) is 2.12. The zero-order chi connectivity index (χ0) is 10.6. The monoisotopic (exact) mass is 194 g/mol. The first kappa shape index (κ1) is 10.7. The quantitative estimate of drug-likeness (QED) is 0.744. The molecule has 0 bridgehead atoms. The Morgan fingerprint density at radius 1 is 1.57 bits per heavy atom. The van der Waals surface area contributed by atoms with Gasteiger partial charge >= 0.3 is 5.97 Å². The molecule has 0 saturated carbocycles. The molecule has 76 valence electrons. The number of hydrogen-bond donors (Lipinski definition) is 1. The normalized spacial score (nSPS) is 20.8. The summed E-state index contributed by atoms with van der Waals surface area (Å²) in [5, 5.41) is 8.44. The summed E-state index contributed by atoms with van der Waals surface area (Å²) in [5.41, 5.74) is 0.751. The second-order valence-electron chi connectivity index (χ2n) is 3.48. The van der Waals surface area contributed by atoms with Gasteiger partial charge in [-0.2, -0.15) is 0 Å². The van der Waals surface area contributed by atoms with Gasteiger partial charge in [-0.05, 0) is 18.4 Å². The predicted molar refractivity (Wildman–Crippen MR) is 52.9 cm³/mol. The van der Waals surface area contributed by atoms with Crippen LogP contribution in [0.15, 0.2) is 23.8 Å². The highest BCUT2D eigenvalue weighted by molar-refractivity contribution is 5.99. The van der Waals surface area contributed by atoms with E-state index in [1.165, 1.54) is 0 Å². The van der Waals surface area contributed by atoms with Gasteiger partial charge in [-0.3, -0.25) is 9.59 Å². The van der Waals surface area contributed by atoms with Crippen LogP contribution in [-0.4, -0.2) is 16.9 Å². The molecule has 1 aliphatic carbocycles. The number of carboxylic acids is 1. The molecule has 0 radical (unpaired) electrons. The van der Waals surface area contributed by atoms with E-state index in [4.69, 9.17) is 5.11 Å². The molecule has 0 amide bonds. The highest BCUT2D eigenvalue weighted by atomic mass is 16.4. The van der Waals surface area contributed by atoms with Crippen molar-refractivity contribution in [3.63, 3.8) is 0 Å². The van der Waals surface area contributed by atoms with E-state index in [0.717, 1.165) is 5.57 Å². The lowest BCUT2D eigenvalue weighted by atomic mass is 9.91. The molecule has 1 unspecified atom stereocenters. The Morgan fingerprint density at radius 2 is 2.29 bits per heavy atom. The minimum Gasteiger partial charge on any atom is -0.481 e. The van der Waals surface area contributed by atoms with E-state index >= 15 is 0 Å². The molecule has 1 atom stereocenters. The predicted octanol–water partition coefficient (Wildman–Crippen LogP) is 1.94. The molecule has 0 saturated heterocycles. The van der Waals surface area contributed by atoms with Crippen molar-refractivity contribution in [1.82, 2.24) is 0 Å². The van der Waals surface area contributed by atoms with E-state index in [2.05, 4.69) is 0 Å². The fourth-order valence-electron chi connectivity index (χ4n) is 1.44. The first-order valence-corrected chi connectivity index (χ1v) is 4.74. The van der Waals surface area contributed by atoms with Gasteiger partial charge in [-0.25, -0.2) is 0 Å². The van der Waals surface area contributed by atoms with Crippen molar-refractivity contribution in [2.45, 2.75) is 26.2 Å². The van der Waals surface area contributed by atoms with Crippen LogP contribution in [-0.2, 0) is 9.59 Å². The number of Topliss-reactive ketones (excluding diaryl/α,β-unsaturated/α-hetero) is 1. The summed E-state index contributed by atoms with van der Waals surface area (Å²) in [6.45, 7) is 1.85. The Kier molecular flexibility index (Phi) is 3.63. The number of carbonyl (C=O) groups is 2. The molecule has 0 aromatic rings. The van der Waals surface area contributed by atoms with Gasteiger partial charge in [0.05, 0.1) is 0 Å². The molecule has 0 aromatic heterocycles. The number of aliphatic carboxylic acids is 1. The zero-order valence-electron chi connectivity index (χ0n) is 8.19. The highest BCUT2D eigenvalue weighted by Gasteiger charge is 2.17. The van der Waals surface area contributed by atoms with Gasteiger partial charge < -0.3 is 5.11 Å². The Balaban J connectivity index is 2.44. The van der Waals surface area contributed by atoms with E-state index in [9.17, 15) is 9.59 Å². The fourth-order valence-corrected chi connectivity index (χ4v) is 1.44. The van der Waals surface area contributed by atoms with Crippen LogP contribution >= 0.6 is 0 Å². The summed E-state index contributed by atoms with van der Waals surface area (Å²) in [5.74, 6) is -0.741. The van der Waals surface area contributed by atoms with Crippen LogP contribution in [0.5, 0.6) is 0 Å². The van der Waals surface area contributed by atoms with Crippen LogP contribution in [0.4, 0.5) is 0 Å². The van der Waals surface area contributed by atoms with E-state index in [1.807, 2.05) is 19.1 Å². The summed E-state index contributed by atoms with van der Waals surface area (Å²) < 4.78 is 0. The Hall–Kier alpha value is -1.38.